The van der Waals surface area contributed by atoms with Crippen molar-refractivity contribution in [2.24, 2.45) is 0 Å². The van der Waals surface area contributed by atoms with Crippen LogP contribution in [0.4, 0.5) is 5.69 Å². The third-order valence-corrected chi connectivity index (χ3v) is 6.01. The average Bonchev–Trinajstić information content (AvgIpc) is 2.79. The molecule has 0 aliphatic heterocycles. The molecule has 6 heteroatoms. The van der Waals surface area contributed by atoms with E-state index in [1.54, 1.807) is 18.2 Å². The molecule has 164 valence electrons. The first-order valence-corrected chi connectivity index (χ1v) is 11.4. The van der Waals surface area contributed by atoms with Crippen molar-refractivity contribution in [1.29, 1.82) is 0 Å². The maximum Gasteiger partial charge on any atom is 0.163 e. The van der Waals surface area contributed by atoms with Crippen LogP contribution in [0.25, 0.3) is 10.8 Å². The van der Waals surface area contributed by atoms with Crippen molar-refractivity contribution in [2.45, 2.75) is 20.1 Å². The second-order valence-corrected chi connectivity index (χ2v) is 8.48. The minimum Gasteiger partial charge on any atom is -0.490 e. The van der Waals surface area contributed by atoms with E-state index in [4.69, 9.17) is 44.3 Å². The zero-order valence-electron chi connectivity index (χ0n) is 17.5. The number of ether oxygens (including phenoxy) is 2. The van der Waals surface area contributed by atoms with Crippen LogP contribution in [0.2, 0.25) is 15.1 Å². The van der Waals surface area contributed by atoms with Crippen LogP contribution >= 0.6 is 34.8 Å². The van der Waals surface area contributed by atoms with Gasteiger partial charge in [0, 0.05) is 44.3 Å². The smallest absolute Gasteiger partial charge is 0.163 e. The summed E-state index contributed by atoms with van der Waals surface area (Å²) < 4.78 is 11.8. The Morgan fingerprint density at radius 3 is 2.31 bits per heavy atom. The van der Waals surface area contributed by atoms with E-state index in [1.807, 2.05) is 37.3 Å². The molecule has 0 aliphatic rings. The van der Waals surface area contributed by atoms with Crippen LogP contribution in [0.5, 0.6) is 11.5 Å². The lowest BCUT2D eigenvalue weighted by molar-refractivity contribution is 0.269. The van der Waals surface area contributed by atoms with E-state index in [0.29, 0.717) is 39.7 Å². The highest BCUT2D eigenvalue weighted by atomic mass is 35.5. The first-order chi connectivity index (χ1) is 15.5. The molecule has 0 bridgehead atoms. The maximum absolute atomic E-state index is 6.60. The van der Waals surface area contributed by atoms with Crippen molar-refractivity contribution < 1.29 is 9.47 Å². The fourth-order valence-electron chi connectivity index (χ4n) is 3.46. The Kier molecular flexibility index (Phi) is 7.31. The molecule has 4 aromatic carbocycles. The van der Waals surface area contributed by atoms with Gasteiger partial charge in [0.25, 0.3) is 0 Å². The number of fused-ring (bicyclic) bond motifs is 1. The monoisotopic (exact) mass is 485 g/mol. The van der Waals surface area contributed by atoms with Crippen molar-refractivity contribution in [1.82, 2.24) is 0 Å². The lowest BCUT2D eigenvalue weighted by atomic mass is 10.1. The summed E-state index contributed by atoms with van der Waals surface area (Å²) in [4.78, 5) is 0. The van der Waals surface area contributed by atoms with Gasteiger partial charge >= 0.3 is 0 Å². The predicted molar refractivity (Wildman–Crippen MR) is 135 cm³/mol. The highest BCUT2D eigenvalue weighted by molar-refractivity contribution is 6.35. The van der Waals surface area contributed by atoms with Gasteiger partial charge in [0.1, 0.15) is 6.61 Å². The lowest BCUT2D eigenvalue weighted by Gasteiger charge is -2.16. The van der Waals surface area contributed by atoms with Crippen LogP contribution in [-0.4, -0.2) is 6.61 Å². The molecule has 32 heavy (non-hydrogen) atoms. The molecule has 4 rings (SSSR count). The van der Waals surface area contributed by atoms with E-state index in [-0.39, 0.29) is 6.61 Å². The topological polar surface area (TPSA) is 30.5 Å². The van der Waals surface area contributed by atoms with Crippen molar-refractivity contribution in [3.8, 4) is 11.5 Å². The van der Waals surface area contributed by atoms with E-state index >= 15 is 0 Å². The molecular formula is C26H22Cl3NO2. The summed E-state index contributed by atoms with van der Waals surface area (Å²) in [5, 5.41) is 7.57. The average molecular weight is 487 g/mol. The summed E-state index contributed by atoms with van der Waals surface area (Å²) in [7, 11) is 0. The van der Waals surface area contributed by atoms with Crippen LogP contribution < -0.4 is 14.8 Å². The SMILES string of the molecule is CCOc1cc(CNc2cccc3ccccc23)c(Cl)cc1OCc1ccc(Cl)cc1Cl. The molecule has 4 aromatic rings. The Labute approximate surface area is 202 Å². The van der Waals surface area contributed by atoms with E-state index in [9.17, 15) is 0 Å². The number of anilines is 1. The van der Waals surface area contributed by atoms with Crippen molar-refractivity contribution >= 4 is 51.3 Å². The number of halogens is 3. The Morgan fingerprint density at radius 1 is 0.750 bits per heavy atom. The summed E-state index contributed by atoms with van der Waals surface area (Å²) in [6, 6.07) is 23.5. The van der Waals surface area contributed by atoms with E-state index in [2.05, 4.69) is 29.6 Å². The zero-order chi connectivity index (χ0) is 22.5. The normalized spacial score (nSPS) is 10.9. The fraction of sp³-hybridized carbons (Fsp3) is 0.154. The number of hydrogen-bond acceptors (Lipinski definition) is 3. The molecule has 1 N–H and O–H groups in total. The lowest BCUT2D eigenvalue weighted by Crippen LogP contribution is -2.04. The van der Waals surface area contributed by atoms with Gasteiger partial charge in [-0.3, -0.25) is 0 Å². The summed E-state index contributed by atoms with van der Waals surface area (Å²) in [6.07, 6.45) is 0. The molecule has 0 aliphatic carbocycles. The van der Waals surface area contributed by atoms with Crippen LogP contribution in [0.15, 0.2) is 72.8 Å². The van der Waals surface area contributed by atoms with Gasteiger partial charge in [0.2, 0.25) is 0 Å². The zero-order valence-corrected chi connectivity index (χ0v) is 19.8. The largest absolute Gasteiger partial charge is 0.490 e. The van der Waals surface area contributed by atoms with Gasteiger partial charge in [0.15, 0.2) is 11.5 Å². The molecule has 0 radical (unpaired) electrons. The van der Waals surface area contributed by atoms with Gasteiger partial charge in [-0.1, -0.05) is 77.3 Å². The van der Waals surface area contributed by atoms with Gasteiger partial charge in [-0.2, -0.15) is 0 Å². The number of hydrogen-bond donors (Lipinski definition) is 1. The minimum atomic E-state index is 0.278. The highest BCUT2D eigenvalue weighted by Crippen LogP contribution is 2.35. The van der Waals surface area contributed by atoms with Crippen LogP contribution in [0.3, 0.4) is 0 Å². The van der Waals surface area contributed by atoms with Gasteiger partial charge in [-0.25, -0.2) is 0 Å². The van der Waals surface area contributed by atoms with Gasteiger partial charge in [-0.05, 0) is 42.1 Å². The Bertz CT molecular complexity index is 1240. The molecule has 0 spiro atoms. The third kappa shape index (κ3) is 5.24. The van der Waals surface area contributed by atoms with Gasteiger partial charge < -0.3 is 14.8 Å². The third-order valence-electron chi connectivity index (χ3n) is 5.07. The van der Waals surface area contributed by atoms with Gasteiger partial charge in [0.05, 0.1) is 6.61 Å². The quantitative estimate of drug-likeness (QED) is 0.271. The molecule has 0 saturated carbocycles. The fourth-order valence-corrected chi connectivity index (χ4v) is 4.14. The minimum absolute atomic E-state index is 0.278. The molecule has 0 heterocycles. The Hall–Kier alpha value is -2.59. The van der Waals surface area contributed by atoms with Crippen LogP contribution in [-0.2, 0) is 13.2 Å². The summed E-state index contributed by atoms with van der Waals surface area (Å²) >= 11 is 18.8. The first-order valence-electron chi connectivity index (χ1n) is 10.3. The van der Waals surface area contributed by atoms with Crippen molar-refractivity contribution in [3.63, 3.8) is 0 Å². The predicted octanol–water partition coefficient (Wildman–Crippen LogP) is 8.39. The highest BCUT2D eigenvalue weighted by Gasteiger charge is 2.13. The van der Waals surface area contributed by atoms with Crippen LogP contribution in [0, 0.1) is 0 Å². The van der Waals surface area contributed by atoms with E-state index in [1.165, 1.54) is 5.39 Å². The Balaban J connectivity index is 1.54. The van der Waals surface area contributed by atoms with Crippen LogP contribution in [0.1, 0.15) is 18.1 Å². The van der Waals surface area contributed by atoms with Crippen molar-refractivity contribution in [2.75, 3.05) is 11.9 Å². The number of nitrogens with one attached hydrogen (secondary N) is 1. The summed E-state index contributed by atoms with van der Waals surface area (Å²) in [6.45, 7) is 3.27. The Morgan fingerprint density at radius 2 is 1.50 bits per heavy atom. The number of benzene rings is 4. The van der Waals surface area contributed by atoms with E-state index in [0.717, 1.165) is 22.2 Å². The molecule has 0 aromatic heterocycles. The number of rotatable bonds is 8. The molecule has 0 unspecified atom stereocenters. The molecule has 0 atom stereocenters. The molecule has 0 fully saturated rings. The first kappa shape index (κ1) is 22.6. The van der Waals surface area contributed by atoms with Gasteiger partial charge in [-0.15, -0.1) is 0 Å². The second kappa shape index (κ2) is 10.4. The van der Waals surface area contributed by atoms with E-state index < -0.39 is 0 Å². The molecule has 0 saturated heterocycles. The summed E-state index contributed by atoms with van der Waals surface area (Å²) in [5.41, 5.74) is 2.80. The molecular weight excluding hydrogens is 465 g/mol. The molecule has 0 amide bonds. The summed E-state index contributed by atoms with van der Waals surface area (Å²) in [5.74, 6) is 1.20. The molecule has 3 nitrogen and oxygen atoms in total. The maximum atomic E-state index is 6.60. The second-order valence-electron chi connectivity index (χ2n) is 7.23. The standard InChI is InChI=1S/C26H22Cl3NO2/c1-2-31-25-12-19(15-30-24-9-5-7-17-6-3-4-8-21(17)24)23(29)14-26(25)32-16-18-10-11-20(27)13-22(18)28/h3-14,30H,2,15-16H2,1H3. The van der Waals surface area contributed by atoms with Crippen molar-refractivity contribution in [3.05, 3.63) is 99.0 Å².